The van der Waals surface area contributed by atoms with Crippen molar-refractivity contribution in [2.24, 2.45) is 13.0 Å². The van der Waals surface area contributed by atoms with E-state index in [-0.39, 0.29) is 35.6 Å². The van der Waals surface area contributed by atoms with Crippen LogP contribution in [-0.2, 0) is 28.4 Å². The highest BCUT2D eigenvalue weighted by Crippen LogP contribution is 2.27. The smallest absolute Gasteiger partial charge is 0.248 e. The van der Waals surface area contributed by atoms with Crippen LogP contribution in [0.5, 0.6) is 0 Å². The highest BCUT2D eigenvalue weighted by molar-refractivity contribution is 7.89. The summed E-state index contributed by atoms with van der Waals surface area (Å²) >= 11 is 0. The van der Waals surface area contributed by atoms with E-state index in [1.165, 1.54) is 4.31 Å². The molecule has 0 aliphatic carbocycles. The molecule has 1 aliphatic rings. The average molecular weight is 432 g/mol. The number of fused-ring (bicyclic) bond motifs is 1. The molecular formula is C20H25N5O4S. The number of hydrogen-bond acceptors (Lipinski definition) is 6. The molecule has 160 valence electrons. The molecule has 1 aliphatic heterocycles. The van der Waals surface area contributed by atoms with Crippen LogP contribution in [0.1, 0.15) is 30.1 Å². The summed E-state index contributed by atoms with van der Waals surface area (Å²) in [6, 6.07) is 7.82. The van der Waals surface area contributed by atoms with Crippen molar-refractivity contribution in [2.75, 3.05) is 13.1 Å². The van der Waals surface area contributed by atoms with Gasteiger partial charge in [0.1, 0.15) is 16.4 Å². The van der Waals surface area contributed by atoms with Crippen LogP contribution in [0.4, 0.5) is 0 Å². The molecule has 1 amide bonds. The lowest BCUT2D eigenvalue weighted by Gasteiger charge is -2.30. The van der Waals surface area contributed by atoms with E-state index < -0.39 is 10.0 Å². The third-order valence-corrected chi connectivity index (χ3v) is 7.83. The van der Waals surface area contributed by atoms with Crippen LogP contribution in [0.25, 0.3) is 11.0 Å². The van der Waals surface area contributed by atoms with Crippen molar-refractivity contribution in [3.8, 4) is 0 Å². The number of nitrogens with zero attached hydrogens (tertiary/aromatic N) is 4. The summed E-state index contributed by atoms with van der Waals surface area (Å²) in [5.41, 5.74) is 2.26. The Kier molecular flexibility index (Phi) is 5.37. The van der Waals surface area contributed by atoms with Gasteiger partial charge < -0.3 is 14.4 Å². The molecule has 2 aromatic heterocycles. The molecule has 9 nitrogen and oxygen atoms in total. The summed E-state index contributed by atoms with van der Waals surface area (Å²) < 4.78 is 34.2. The van der Waals surface area contributed by atoms with Gasteiger partial charge in [0.25, 0.3) is 0 Å². The minimum atomic E-state index is -3.67. The van der Waals surface area contributed by atoms with E-state index in [1.54, 1.807) is 13.8 Å². The van der Waals surface area contributed by atoms with Gasteiger partial charge in [0.15, 0.2) is 5.76 Å². The van der Waals surface area contributed by atoms with Crippen molar-refractivity contribution >= 4 is 27.0 Å². The van der Waals surface area contributed by atoms with Gasteiger partial charge in [-0.15, -0.1) is 0 Å². The SMILES string of the molecule is Cc1noc(C)c1S(=O)(=O)N1CCC(C(=O)NCc2nc3ccccc3n2C)CC1. The lowest BCUT2D eigenvalue weighted by Crippen LogP contribution is -2.43. The van der Waals surface area contributed by atoms with Gasteiger partial charge in [-0.2, -0.15) is 4.31 Å². The molecule has 1 saturated heterocycles. The molecule has 3 heterocycles. The van der Waals surface area contributed by atoms with Crippen LogP contribution in [0.3, 0.4) is 0 Å². The highest BCUT2D eigenvalue weighted by Gasteiger charge is 2.35. The second-order valence-electron chi connectivity index (χ2n) is 7.63. The topological polar surface area (TPSA) is 110 Å². The van der Waals surface area contributed by atoms with Crippen molar-refractivity contribution in [1.29, 1.82) is 0 Å². The van der Waals surface area contributed by atoms with Gasteiger partial charge in [-0.3, -0.25) is 4.79 Å². The second-order valence-corrected chi connectivity index (χ2v) is 9.50. The zero-order valence-corrected chi connectivity index (χ0v) is 18.1. The summed E-state index contributed by atoms with van der Waals surface area (Å²) in [6.07, 6.45) is 0.938. The molecule has 0 saturated carbocycles. The number of benzene rings is 1. The molecule has 0 bridgehead atoms. The number of amides is 1. The van der Waals surface area contributed by atoms with Gasteiger partial charge in [-0.1, -0.05) is 17.3 Å². The number of carbonyl (C=O) groups excluding carboxylic acids is 1. The predicted octanol–water partition coefficient (Wildman–Crippen LogP) is 1.90. The summed E-state index contributed by atoms with van der Waals surface area (Å²) in [5.74, 6) is 0.769. The fraction of sp³-hybridized carbons (Fsp3) is 0.450. The van der Waals surface area contributed by atoms with Crippen LogP contribution >= 0.6 is 0 Å². The molecule has 0 atom stereocenters. The minimum absolute atomic E-state index is 0.0727. The van der Waals surface area contributed by atoms with Crippen LogP contribution in [-0.4, -0.2) is 46.4 Å². The van der Waals surface area contributed by atoms with Crippen molar-refractivity contribution in [1.82, 2.24) is 24.3 Å². The average Bonchev–Trinajstić information content (AvgIpc) is 3.25. The fourth-order valence-corrected chi connectivity index (χ4v) is 5.76. The number of carbonyl (C=O) groups is 1. The Bertz CT molecular complexity index is 1170. The monoisotopic (exact) mass is 431 g/mol. The number of rotatable bonds is 5. The summed E-state index contributed by atoms with van der Waals surface area (Å²) in [4.78, 5) is 17.3. The number of sulfonamides is 1. The van der Waals surface area contributed by atoms with Gasteiger partial charge >= 0.3 is 0 Å². The first-order valence-corrected chi connectivity index (χ1v) is 11.3. The Morgan fingerprint density at radius 1 is 1.23 bits per heavy atom. The molecule has 0 radical (unpaired) electrons. The molecule has 3 aromatic rings. The first kappa shape index (κ1) is 20.5. The Morgan fingerprint density at radius 3 is 2.57 bits per heavy atom. The lowest BCUT2D eigenvalue weighted by atomic mass is 9.97. The molecule has 10 heteroatoms. The minimum Gasteiger partial charge on any atom is -0.360 e. The van der Waals surface area contributed by atoms with Crippen molar-refractivity contribution in [3.63, 3.8) is 0 Å². The third-order valence-electron chi connectivity index (χ3n) is 5.69. The molecule has 30 heavy (non-hydrogen) atoms. The number of nitrogens with one attached hydrogen (secondary N) is 1. The highest BCUT2D eigenvalue weighted by atomic mass is 32.2. The van der Waals surface area contributed by atoms with Crippen LogP contribution < -0.4 is 5.32 Å². The standard InChI is InChI=1S/C20H25N5O4S/c1-13-19(14(2)29-23-13)30(27,28)25-10-8-15(9-11-25)20(26)21-12-18-22-16-6-4-5-7-17(16)24(18)3/h4-7,15H,8-12H2,1-3H3,(H,21,26). The van der Waals surface area contributed by atoms with Gasteiger partial charge in [-0.05, 0) is 38.8 Å². The quantitative estimate of drug-likeness (QED) is 0.661. The van der Waals surface area contributed by atoms with Crippen LogP contribution in [0, 0.1) is 19.8 Å². The van der Waals surface area contributed by atoms with E-state index in [1.807, 2.05) is 35.9 Å². The Labute approximate surface area is 175 Å². The number of aryl methyl sites for hydroxylation is 3. The molecule has 4 rings (SSSR count). The maximum Gasteiger partial charge on any atom is 0.248 e. The van der Waals surface area contributed by atoms with Crippen molar-refractivity contribution in [3.05, 3.63) is 41.5 Å². The normalized spacial score (nSPS) is 16.2. The maximum absolute atomic E-state index is 12.9. The van der Waals surface area contributed by atoms with Crippen LogP contribution in [0.2, 0.25) is 0 Å². The lowest BCUT2D eigenvalue weighted by molar-refractivity contribution is -0.126. The van der Waals surface area contributed by atoms with E-state index in [2.05, 4.69) is 15.5 Å². The molecule has 0 unspecified atom stereocenters. The van der Waals surface area contributed by atoms with E-state index >= 15 is 0 Å². The van der Waals surface area contributed by atoms with Gasteiger partial charge in [0, 0.05) is 26.1 Å². The Balaban J connectivity index is 1.37. The zero-order chi connectivity index (χ0) is 21.5. The van der Waals surface area contributed by atoms with Crippen LogP contribution in [0.15, 0.2) is 33.7 Å². The summed E-state index contributed by atoms with van der Waals surface area (Å²) in [7, 11) is -1.75. The van der Waals surface area contributed by atoms with E-state index in [4.69, 9.17) is 4.52 Å². The number of piperidine rings is 1. The predicted molar refractivity (Wildman–Crippen MR) is 110 cm³/mol. The molecule has 0 spiro atoms. The third kappa shape index (κ3) is 3.61. The number of imidazole rings is 1. The van der Waals surface area contributed by atoms with Crippen molar-refractivity contribution < 1.29 is 17.7 Å². The van der Waals surface area contributed by atoms with Gasteiger partial charge in [0.2, 0.25) is 15.9 Å². The van der Waals surface area contributed by atoms with E-state index in [9.17, 15) is 13.2 Å². The molecule has 1 aromatic carbocycles. The summed E-state index contributed by atoms with van der Waals surface area (Å²) in [5, 5.41) is 6.70. The van der Waals surface area contributed by atoms with E-state index in [0.29, 0.717) is 25.1 Å². The second kappa shape index (κ2) is 7.84. The first-order valence-electron chi connectivity index (χ1n) is 9.90. The number of hydrogen-bond donors (Lipinski definition) is 1. The van der Waals surface area contributed by atoms with E-state index in [0.717, 1.165) is 16.9 Å². The number of para-hydroxylation sites is 2. The molecular weight excluding hydrogens is 406 g/mol. The zero-order valence-electron chi connectivity index (χ0n) is 17.3. The largest absolute Gasteiger partial charge is 0.360 e. The fourth-order valence-electron chi connectivity index (χ4n) is 3.99. The molecule has 1 fully saturated rings. The summed E-state index contributed by atoms with van der Waals surface area (Å²) in [6.45, 7) is 4.12. The van der Waals surface area contributed by atoms with Gasteiger partial charge in [0.05, 0.1) is 17.6 Å². The first-order chi connectivity index (χ1) is 14.3. The molecule has 1 N–H and O–H groups in total. The van der Waals surface area contributed by atoms with Gasteiger partial charge in [-0.25, -0.2) is 13.4 Å². The maximum atomic E-state index is 12.9. The Hall–Kier alpha value is -2.72. The Morgan fingerprint density at radius 2 is 1.93 bits per heavy atom. The van der Waals surface area contributed by atoms with Crippen molar-refractivity contribution in [2.45, 2.75) is 38.1 Å². The number of aromatic nitrogens is 3.